The van der Waals surface area contributed by atoms with Gasteiger partial charge >= 0.3 is 0 Å². The number of nitrogens with one attached hydrogen (secondary N) is 1. The Morgan fingerprint density at radius 2 is 2.17 bits per heavy atom. The molecule has 2 N–H and O–H groups in total. The van der Waals surface area contributed by atoms with Gasteiger partial charge in [-0.25, -0.2) is 0 Å². The van der Waals surface area contributed by atoms with Crippen molar-refractivity contribution in [3.8, 4) is 11.5 Å². The summed E-state index contributed by atoms with van der Waals surface area (Å²) in [6.45, 7) is 2.40. The Bertz CT molecular complexity index is 516. The molecule has 1 unspecified atom stereocenters. The van der Waals surface area contributed by atoms with Gasteiger partial charge in [0.15, 0.2) is 0 Å². The molecule has 6 heteroatoms. The highest BCUT2D eigenvalue weighted by Crippen LogP contribution is 2.26. The van der Waals surface area contributed by atoms with E-state index in [0.717, 1.165) is 10.0 Å². The van der Waals surface area contributed by atoms with Crippen molar-refractivity contribution in [2.45, 2.75) is 19.5 Å². The summed E-state index contributed by atoms with van der Waals surface area (Å²) in [6.07, 6.45) is 0. The highest BCUT2D eigenvalue weighted by Gasteiger charge is 2.11. The van der Waals surface area contributed by atoms with Crippen molar-refractivity contribution in [1.82, 2.24) is 15.5 Å². The minimum absolute atomic E-state index is 0.00353. The molecule has 1 aromatic carbocycles. The fourth-order valence-corrected chi connectivity index (χ4v) is 1.85. The summed E-state index contributed by atoms with van der Waals surface area (Å²) >= 11 is 3.44. The maximum atomic E-state index is 8.90. The number of aromatic nitrogens is 2. The summed E-state index contributed by atoms with van der Waals surface area (Å²) in [5.41, 5.74) is 0.867. The van der Waals surface area contributed by atoms with E-state index in [-0.39, 0.29) is 12.6 Å². The van der Waals surface area contributed by atoms with E-state index in [1.807, 2.05) is 31.2 Å². The summed E-state index contributed by atoms with van der Waals surface area (Å²) in [7, 11) is 0. The van der Waals surface area contributed by atoms with E-state index < -0.39 is 0 Å². The van der Waals surface area contributed by atoms with Crippen LogP contribution in [0, 0.1) is 0 Å². The summed E-state index contributed by atoms with van der Waals surface area (Å²) < 4.78 is 6.46. The number of nitrogens with zero attached hydrogens (tertiary/aromatic N) is 2. The quantitative estimate of drug-likeness (QED) is 0.883. The lowest BCUT2D eigenvalue weighted by Crippen LogP contribution is -2.28. The van der Waals surface area contributed by atoms with Crippen molar-refractivity contribution in [2.75, 3.05) is 6.61 Å². The van der Waals surface area contributed by atoms with Gasteiger partial charge < -0.3 is 14.8 Å². The van der Waals surface area contributed by atoms with E-state index in [0.29, 0.717) is 18.3 Å². The van der Waals surface area contributed by atoms with Gasteiger partial charge in [0, 0.05) is 10.5 Å². The number of hydrogen-bond acceptors (Lipinski definition) is 5. The van der Waals surface area contributed by atoms with Crippen LogP contribution in [0.1, 0.15) is 12.8 Å². The molecule has 0 spiro atoms. The maximum absolute atomic E-state index is 8.90. The van der Waals surface area contributed by atoms with E-state index in [1.54, 1.807) is 0 Å². The third-order valence-corrected chi connectivity index (χ3v) is 3.14. The predicted octanol–water partition coefficient (Wildman–Crippen LogP) is 1.97. The fourth-order valence-electron chi connectivity index (χ4n) is 1.39. The Morgan fingerprint density at radius 3 is 2.89 bits per heavy atom. The van der Waals surface area contributed by atoms with Crippen LogP contribution in [0.3, 0.4) is 0 Å². The first kappa shape index (κ1) is 13.2. The van der Waals surface area contributed by atoms with Crippen molar-refractivity contribution < 1.29 is 9.52 Å². The Kier molecular flexibility index (Phi) is 4.46. The predicted molar refractivity (Wildman–Crippen MR) is 70.8 cm³/mol. The van der Waals surface area contributed by atoms with Gasteiger partial charge in [0.2, 0.25) is 11.8 Å². The first-order chi connectivity index (χ1) is 8.70. The lowest BCUT2D eigenvalue weighted by molar-refractivity contribution is 0.247. The average molecular weight is 312 g/mol. The number of rotatable bonds is 5. The molecule has 0 saturated heterocycles. The minimum Gasteiger partial charge on any atom is -0.419 e. The van der Waals surface area contributed by atoms with Crippen LogP contribution in [0.25, 0.3) is 11.5 Å². The molecular formula is C12H14BrN3O2. The maximum Gasteiger partial charge on any atom is 0.248 e. The Hall–Kier alpha value is -1.24. The lowest BCUT2D eigenvalue weighted by Gasteiger charge is -2.07. The van der Waals surface area contributed by atoms with Crippen LogP contribution in [-0.4, -0.2) is 28.0 Å². The summed E-state index contributed by atoms with van der Waals surface area (Å²) in [5, 5.41) is 19.9. The van der Waals surface area contributed by atoms with E-state index >= 15 is 0 Å². The van der Waals surface area contributed by atoms with Crippen molar-refractivity contribution in [1.29, 1.82) is 0 Å². The van der Waals surface area contributed by atoms with E-state index in [1.165, 1.54) is 0 Å². The van der Waals surface area contributed by atoms with Gasteiger partial charge in [-0.2, -0.15) is 0 Å². The molecular weight excluding hydrogens is 298 g/mol. The fraction of sp³-hybridized carbons (Fsp3) is 0.333. The number of halogens is 1. The third kappa shape index (κ3) is 3.16. The van der Waals surface area contributed by atoms with Crippen LogP contribution in [-0.2, 0) is 6.54 Å². The van der Waals surface area contributed by atoms with E-state index in [9.17, 15) is 0 Å². The molecule has 1 heterocycles. The molecule has 0 aliphatic rings. The van der Waals surface area contributed by atoms with E-state index in [2.05, 4.69) is 31.4 Å². The average Bonchev–Trinajstić information content (AvgIpc) is 2.85. The second-order valence-electron chi connectivity index (χ2n) is 3.95. The van der Waals surface area contributed by atoms with Crippen molar-refractivity contribution in [2.24, 2.45) is 0 Å². The lowest BCUT2D eigenvalue weighted by atomic mass is 10.2. The monoisotopic (exact) mass is 311 g/mol. The third-order valence-electron chi connectivity index (χ3n) is 2.45. The molecule has 5 nitrogen and oxygen atoms in total. The highest BCUT2D eigenvalue weighted by molar-refractivity contribution is 9.10. The first-order valence-corrected chi connectivity index (χ1v) is 6.41. The molecule has 2 aromatic rings. The van der Waals surface area contributed by atoms with Crippen molar-refractivity contribution in [3.05, 3.63) is 34.6 Å². The van der Waals surface area contributed by atoms with Crippen LogP contribution < -0.4 is 5.32 Å². The van der Waals surface area contributed by atoms with Gasteiger partial charge in [0.25, 0.3) is 0 Å². The van der Waals surface area contributed by atoms with Crippen LogP contribution in [0.5, 0.6) is 0 Å². The molecule has 96 valence electrons. The Labute approximate surface area is 113 Å². The zero-order valence-corrected chi connectivity index (χ0v) is 11.5. The number of aliphatic hydroxyl groups excluding tert-OH is 1. The molecule has 0 amide bonds. The molecule has 0 fully saturated rings. The Balaban J connectivity index is 2.09. The highest BCUT2D eigenvalue weighted by atomic mass is 79.9. The number of aliphatic hydroxyl groups is 1. The standard InChI is InChI=1S/C12H14BrN3O2/c1-8(7-17)14-6-11-15-16-12(18-11)9-4-2-3-5-10(9)13/h2-5,8,14,17H,6-7H2,1H3. The van der Waals surface area contributed by atoms with Crippen LogP contribution >= 0.6 is 15.9 Å². The topological polar surface area (TPSA) is 71.2 Å². The molecule has 0 saturated carbocycles. The van der Waals surface area contributed by atoms with Gasteiger partial charge in [-0.05, 0) is 35.0 Å². The second kappa shape index (κ2) is 6.08. The molecule has 1 aromatic heterocycles. The molecule has 0 bridgehead atoms. The molecule has 1 atom stereocenters. The molecule has 0 radical (unpaired) electrons. The number of benzene rings is 1. The van der Waals surface area contributed by atoms with Gasteiger partial charge in [-0.1, -0.05) is 12.1 Å². The normalized spacial score (nSPS) is 12.6. The minimum atomic E-state index is 0.00353. The summed E-state index contributed by atoms with van der Waals surface area (Å²) in [4.78, 5) is 0. The summed E-state index contributed by atoms with van der Waals surface area (Å²) in [5.74, 6) is 0.983. The smallest absolute Gasteiger partial charge is 0.248 e. The molecule has 0 aliphatic heterocycles. The van der Waals surface area contributed by atoms with Gasteiger partial charge in [0.1, 0.15) is 0 Å². The van der Waals surface area contributed by atoms with E-state index in [4.69, 9.17) is 9.52 Å². The van der Waals surface area contributed by atoms with Gasteiger partial charge in [-0.3, -0.25) is 0 Å². The number of hydrogen-bond donors (Lipinski definition) is 2. The van der Waals surface area contributed by atoms with Crippen molar-refractivity contribution >= 4 is 15.9 Å². The molecule has 2 rings (SSSR count). The van der Waals surface area contributed by atoms with Crippen LogP contribution in [0.2, 0.25) is 0 Å². The van der Waals surface area contributed by atoms with Gasteiger partial charge in [0.05, 0.1) is 18.7 Å². The second-order valence-corrected chi connectivity index (χ2v) is 4.80. The van der Waals surface area contributed by atoms with Gasteiger partial charge in [-0.15, -0.1) is 10.2 Å². The molecule has 0 aliphatic carbocycles. The molecule has 18 heavy (non-hydrogen) atoms. The zero-order valence-electron chi connectivity index (χ0n) is 9.93. The Morgan fingerprint density at radius 1 is 1.39 bits per heavy atom. The SMILES string of the molecule is CC(CO)NCc1nnc(-c2ccccc2Br)o1. The largest absolute Gasteiger partial charge is 0.419 e. The van der Waals surface area contributed by atoms with Crippen molar-refractivity contribution in [3.63, 3.8) is 0 Å². The summed E-state index contributed by atoms with van der Waals surface area (Å²) in [6, 6.07) is 7.67. The van der Waals surface area contributed by atoms with Crippen LogP contribution in [0.4, 0.5) is 0 Å². The zero-order chi connectivity index (χ0) is 13.0. The van der Waals surface area contributed by atoms with Crippen LogP contribution in [0.15, 0.2) is 33.2 Å². The first-order valence-electron chi connectivity index (χ1n) is 5.62.